The lowest BCUT2D eigenvalue weighted by atomic mass is 10.1. The van der Waals surface area contributed by atoms with Crippen LogP contribution < -0.4 is 10.1 Å². The number of ether oxygens (including phenoxy) is 1. The van der Waals surface area contributed by atoms with E-state index in [9.17, 15) is 26.7 Å². The van der Waals surface area contributed by atoms with E-state index in [1.807, 2.05) is 31.2 Å². The van der Waals surface area contributed by atoms with Gasteiger partial charge >= 0.3 is 12.1 Å². The summed E-state index contributed by atoms with van der Waals surface area (Å²) in [4.78, 5) is 11.5. The first-order chi connectivity index (χ1) is 13.1. The maximum absolute atomic E-state index is 12.7. The predicted molar refractivity (Wildman–Crippen MR) is 97.6 cm³/mol. The summed E-state index contributed by atoms with van der Waals surface area (Å²) < 4.78 is 67.0. The molecule has 8 heteroatoms. The highest BCUT2D eigenvalue weighted by atomic mass is 19.4. The highest BCUT2D eigenvalue weighted by Gasteiger charge is 2.56. The van der Waals surface area contributed by atoms with E-state index in [-0.39, 0.29) is 6.42 Å². The van der Waals surface area contributed by atoms with Crippen LogP contribution in [0.1, 0.15) is 56.9 Å². The zero-order valence-electron chi connectivity index (χ0n) is 16.1. The van der Waals surface area contributed by atoms with Crippen molar-refractivity contribution in [2.75, 3.05) is 13.2 Å². The summed E-state index contributed by atoms with van der Waals surface area (Å²) in [6, 6.07) is 7.85. The molecule has 1 aromatic carbocycles. The third-order valence-electron chi connectivity index (χ3n) is 4.24. The topological polar surface area (TPSA) is 38.3 Å². The summed E-state index contributed by atoms with van der Waals surface area (Å²) in [5.41, 5.74) is 1.18. The first-order valence-electron chi connectivity index (χ1n) is 9.52. The van der Waals surface area contributed by atoms with Crippen molar-refractivity contribution in [1.29, 1.82) is 0 Å². The number of carbonyl (C=O) groups excluding carboxylic acids is 1. The van der Waals surface area contributed by atoms with E-state index < -0.39 is 30.8 Å². The van der Waals surface area contributed by atoms with E-state index in [1.54, 1.807) is 0 Å². The number of amides is 1. The van der Waals surface area contributed by atoms with E-state index in [4.69, 9.17) is 4.74 Å². The number of alkyl halides is 5. The van der Waals surface area contributed by atoms with Gasteiger partial charge in [-0.25, -0.2) is 0 Å². The number of aryl methyl sites for hydroxylation is 1. The fraction of sp³-hybridized carbons (Fsp3) is 0.650. The summed E-state index contributed by atoms with van der Waals surface area (Å²) in [5.74, 6) is -4.39. The maximum atomic E-state index is 12.7. The quantitative estimate of drug-likeness (QED) is 0.330. The van der Waals surface area contributed by atoms with Crippen molar-refractivity contribution >= 4 is 5.91 Å². The largest absolute Gasteiger partial charge is 0.494 e. The fourth-order valence-electron chi connectivity index (χ4n) is 2.51. The van der Waals surface area contributed by atoms with Gasteiger partial charge in [-0.05, 0) is 38.3 Å². The zero-order valence-corrected chi connectivity index (χ0v) is 16.1. The Morgan fingerprint density at radius 2 is 1.54 bits per heavy atom. The van der Waals surface area contributed by atoms with Crippen LogP contribution in [0.2, 0.25) is 0 Å². The van der Waals surface area contributed by atoms with Crippen molar-refractivity contribution in [1.82, 2.24) is 5.32 Å². The van der Waals surface area contributed by atoms with E-state index in [2.05, 4.69) is 5.32 Å². The number of hydrogen-bond acceptors (Lipinski definition) is 2. The standard InChI is InChI=1S/C20H28F5NO2/c1-16-9-11-17(12-10-16)28-15-6-4-2-3-5-14-26-18(27)8-7-13-19(21,22)20(23,24)25/h9-12H,2-8,13-15H2,1H3,(H,26,27). The Morgan fingerprint density at radius 1 is 0.929 bits per heavy atom. The molecule has 160 valence electrons. The molecule has 0 aliphatic heterocycles. The van der Waals surface area contributed by atoms with Gasteiger partial charge in [-0.2, -0.15) is 22.0 Å². The van der Waals surface area contributed by atoms with Crippen LogP contribution >= 0.6 is 0 Å². The maximum Gasteiger partial charge on any atom is 0.453 e. The molecule has 1 aromatic rings. The molecular formula is C20H28F5NO2. The lowest BCUT2D eigenvalue weighted by molar-refractivity contribution is -0.284. The van der Waals surface area contributed by atoms with Gasteiger partial charge in [0.2, 0.25) is 5.91 Å². The van der Waals surface area contributed by atoms with Gasteiger partial charge in [-0.15, -0.1) is 0 Å². The molecular weight excluding hydrogens is 381 g/mol. The summed E-state index contributed by atoms with van der Waals surface area (Å²) in [6.07, 6.45) is -3.23. The molecule has 0 saturated heterocycles. The van der Waals surface area contributed by atoms with Gasteiger partial charge in [0.25, 0.3) is 0 Å². The van der Waals surface area contributed by atoms with Crippen LogP contribution in [0.15, 0.2) is 24.3 Å². The number of halogens is 5. The third kappa shape index (κ3) is 9.90. The Kier molecular flexibility index (Phi) is 10.2. The Hall–Kier alpha value is -1.86. The van der Waals surface area contributed by atoms with Crippen LogP contribution in [-0.2, 0) is 4.79 Å². The summed E-state index contributed by atoms with van der Waals surface area (Å²) in [5, 5.41) is 2.55. The van der Waals surface area contributed by atoms with E-state index in [0.717, 1.165) is 37.9 Å². The van der Waals surface area contributed by atoms with Gasteiger partial charge in [0.05, 0.1) is 6.61 Å². The normalized spacial score (nSPS) is 12.1. The zero-order chi connectivity index (χ0) is 21.0. The predicted octanol–water partition coefficient (Wildman–Crippen LogP) is 5.81. The molecule has 0 bridgehead atoms. The highest BCUT2D eigenvalue weighted by Crippen LogP contribution is 2.39. The molecule has 28 heavy (non-hydrogen) atoms. The van der Waals surface area contributed by atoms with Gasteiger partial charge in [0, 0.05) is 19.4 Å². The average molecular weight is 409 g/mol. The molecule has 0 heterocycles. The lowest BCUT2D eigenvalue weighted by Gasteiger charge is -2.19. The molecule has 1 amide bonds. The molecule has 0 spiro atoms. The number of unbranched alkanes of at least 4 members (excludes halogenated alkanes) is 4. The van der Waals surface area contributed by atoms with E-state index in [1.165, 1.54) is 5.56 Å². The first kappa shape index (κ1) is 24.2. The molecule has 0 atom stereocenters. The van der Waals surface area contributed by atoms with Gasteiger partial charge < -0.3 is 10.1 Å². The minimum absolute atomic E-state index is 0.331. The number of benzene rings is 1. The Balaban J connectivity index is 1.95. The Bertz CT molecular complexity index is 573. The van der Waals surface area contributed by atoms with Crippen LogP contribution in [-0.4, -0.2) is 31.2 Å². The molecule has 0 radical (unpaired) electrons. The average Bonchev–Trinajstić information content (AvgIpc) is 2.60. The van der Waals surface area contributed by atoms with Crippen molar-refractivity contribution in [2.24, 2.45) is 0 Å². The Labute approximate surface area is 162 Å². The van der Waals surface area contributed by atoms with Crippen LogP contribution in [0.25, 0.3) is 0 Å². The van der Waals surface area contributed by atoms with Crippen molar-refractivity contribution < 1.29 is 31.5 Å². The van der Waals surface area contributed by atoms with Crippen molar-refractivity contribution in [3.63, 3.8) is 0 Å². The molecule has 0 aromatic heterocycles. The van der Waals surface area contributed by atoms with Crippen LogP contribution in [0.5, 0.6) is 5.75 Å². The molecule has 1 N–H and O–H groups in total. The van der Waals surface area contributed by atoms with Gasteiger partial charge in [0.15, 0.2) is 0 Å². The SMILES string of the molecule is Cc1ccc(OCCCCCCCNC(=O)CCCC(F)(F)C(F)(F)F)cc1. The minimum atomic E-state index is -5.56. The van der Waals surface area contributed by atoms with Crippen LogP contribution in [0.4, 0.5) is 22.0 Å². The molecule has 0 saturated carbocycles. The van der Waals surface area contributed by atoms with Crippen LogP contribution in [0.3, 0.4) is 0 Å². The van der Waals surface area contributed by atoms with Gasteiger partial charge in [-0.3, -0.25) is 4.79 Å². The summed E-state index contributed by atoms with van der Waals surface area (Å²) in [6.45, 7) is 3.05. The molecule has 0 unspecified atom stereocenters. The Morgan fingerprint density at radius 3 is 2.18 bits per heavy atom. The number of nitrogens with one attached hydrogen (secondary N) is 1. The fourth-order valence-corrected chi connectivity index (χ4v) is 2.51. The smallest absolute Gasteiger partial charge is 0.453 e. The molecule has 3 nitrogen and oxygen atoms in total. The number of rotatable bonds is 13. The number of carbonyl (C=O) groups is 1. The minimum Gasteiger partial charge on any atom is -0.494 e. The molecule has 0 fully saturated rings. The first-order valence-corrected chi connectivity index (χ1v) is 9.52. The lowest BCUT2D eigenvalue weighted by Crippen LogP contribution is -2.36. The van der Waals surface area contributed by atoms with E-state index >= 15 is 0 Å². The summed E-state index contributed by atoms with van der Waals surface area (Å²) in [7, 11) is 0. The molecule has 0 aliphatic carbocycles. The highest BCUT2D eigenvalue weighted by molar-refractivity contribution is 5.75. The van der Waals surface area contributed by atoms with Gasteiger partial charge in [0.1, 0.15) is 5.75 Å². The number of hydrogen-bond donors (Lipinski definition) is 1. The van der Waals surface area contributed by atoms with Crippen molar-refractivity contribution in [3.8, 4) is 5.75 Å². The monoisotopic (exact) mass is 409 g/mol. The second-order valence-corrected chi connectivity index (χ2v) is 6.83. The van der Waals surface area contributed by atoms with Crippen LogP contribution in [0, 0.1) is 6.92 Å². The van der Waals surface area contributed by atoms with Crippen molar-refractivity contribution in [3.05, 3.63) is 29.8 Å². The molecule has 1 rings (SSSR count). The van der Waals surface area contributed by atoms with E-state index in [0.29, 0.717) is 13.2 Å². The van der Waals surface area contributed by atoms with Gasteiger partial charge in [-0.1, -0.05) is 37.0 Å². The second-order valence-electron chi connectivity index (χ2n) is 6.83. The molecule has 0 aliphatic rings. The summed E-state index contributed by atoms with van der Waals surface area (Å²) >= 11 is 0. The van der Waals surface area contributed by atoms with Crippen molar-refractivity contribution in [2.45, 2.75) is 70.4 Å². The third-order valence-corrected chi connectivity index (χ3v) is 4.24. The second kappa shape index (κ2) is 11.9.